The van der Waals surface area contributed by atoms with Gasteiger partial charge in [-0.05, 0) is 36.7 Å². The van der Waals surface area contributed by atoms with Crippen LogP contribution < -0.4 is 20.8 Å². The van der Waals surface area contributed by atoms with Crippen LogP contribution in [0.4, 0.5) is 18.9 Å². The number of likely N-dealkylation sites (tertiary alicyclic amines) is 2. The van der Waals surface area contributed by atoms with E-state index in [9.17, 15) is 19.1 Å². The molecule has 3 atom stereocenters. The van der Waals surface area contributed by atoms with Crippen molar-refractivity contribution in [3.05, 3.63) is 101 Å². The fourth-order valence-corrected chi connectivity index (χ4v) is 6.48. The summed E-state index contributed by atoms with van der Waals surface area (Å²) in [5, 5.41) is 11.3. The van der Waals surface area contributed by atoms with E-state index in [0.717, 1.165) is 27.4 Å². The van der Waals surface area contributed by atoms with Crippen molar-refractivity contribution in [1.29, 1.82) is 0 Å². The number of rotatable bonds is 9. The first-order valence-electron chi connectivity index (χ1n) is 15.8. The largest absolute Gasteiger partial charge is 0.494 e. The Bertz CT molecular complexity index is 1850. The molecular formula is C34H36F3N7O5. The Balaban J connectivity index is 1.15. The van der Waals surface area contributed by atoms with Gasteiger partial charge in [0.25, 0.3) is 11.5 Å². The number of carbonyl (C=O) groups excluding carboxylic acids is 1. The van der Waals surface area contributed by atoms with Crippen molar-refractivity contribution >= 4 is 11.6 Å². The molecule has 2 saturated heterocycles. The molecule has 2 aliphatic heterocycles. The number of aromatic nitrogens is 4. The second kappa shape index (κ2) is 13.8. The number of nitrogens with two attached hydrogens (primary N) is 1. The molecular weight excluding hydrogens is 643 g/mol. The molecule has 0 saturated carbocycles. The van der Waals surface area contributed by atoms with Crippen molar-refractivity contribution in [3.63, 3.8) is 0 Å². The van der Waals surface area contributed by atoms with Gasteiger partial charge in [-0.25, -0.2) is 28.1 Å². The van der Waals surface area contributed by atoms with E-state index < -0.39 is 59.9 Å². The molecule has 0 aliphatic carbocycles. The minimum absolute atomic E-state index is 0.0715. The molecule has 2 aliphatic rings. The van der Waals surface area contributed by atoms with Crippen LogP contribution in [0.2, 0.25) is 0 Å². The summed E-state index contributed by atoms with van der Waals surface area (Å²) < 4.78 is 56.7. The standard InChI is InChI=1S/C34H36F3N7O5/c1-48-27-16-23(8-9-26(27)35)49-30-29(38)32(46)44(21-41-30)19-33(47)11-15-43(20-34(33,36)37)31(45)24-10-14-42(18-28-39-12-5-13-40-28)17-25(24)22-6-3-2-4-7-22/h2-9,12-13,16,21,24-25,47H,10-11,14-15,17-20,38H2,1H3/t24-,25+,33+/m1/s1. The molecule has 2 fully saturated rings. The van der Waals surface area contributed by atoms with Gasteiger partial charge in [0.15, 0.2) is 17.3 Å². The molecule has 49 heavy (non-hydrogen) atoms. The first kappa shape index (κ1) is 33.9. The maximum Gasteiger partial charge on any atom is 0.295 e. The lowest BCUT2D eigenvalue weighted by Crippen LogP contribution is -2.64. The number of nitrogen functional groups attached to an aromatic ring is 1. The van der Waals surface area contributed by atoms with E-state index in [1.807, 2.05) is 30.3 Å². The van der Waals surface area contributed by atoms with Crippen LogP contribution in [-0.4, -0.2) is 85.1 Å². The summed E-state index contributed by atoms with van der Waals surface area (Å²) in [6.07, 6.45) is 4.23. The Morgan fingerprint density at radius 3 is 2.55 bits per heavy atom. The Morgan fingerprint density at radius 2 is 1.84 bits per heavy atom. The first-order valence-corrected chi connectivity index (χ1v) is 15.8. The van der Waals surface area contributed by atoms with Crippen molar-refractivity contribution in [2.45, 2.75) is 43.4 Å². The number of ether oxygens (including phenoxy) is 2. The van der Waals surface area contributed by atoms with Crippen LogP contribution in [0.15, 0.2) is 78.1 Å². The maximum absolute atomic E-state index is 15.8. The van der Waals surface area contributed by atoms with Crippen LogP contribution in [0.25, 0.3) is 0 Å². The number of carbonyl (C=O) groups is 1. The zero-order valence-electron chi connectivity index (χ0n) is 26.7. The molecule has 15 heteroatoms. The van der Waals surface area contributed by atoms with E-state index >= 15 is 8.78 Å². The number of nitrogens with zero attached hydrogens (tertiary/aromatic N) is 6. The van der Waals surface area contributed by atoms with E-state index in [2.05, 4.69) is 19.9 Å². The predicted octanol–water partition coefficient (Wildman–Crippen LogP) is 3.46. The third-order valence-electron chi connectivity index (χ3n) is 9.21. The van der Waals surface area contributed by atoms with E-state index in [0.29, 0.717) is 31.9 Å². The second-order valence-corrected chi connectivity index (χ2v) is 12.4. The van der Waals surface area contributed by atoms with Gasteiger partial charge < -0.3 is 25.2 Å². The van der Waals surface area contributed by atoms with Crippen LogP contribution in [0.3, 0.4) is 0 Å². The average Bonchev–Trinajstić information content (AvgIpc) is 3.10. The minimum Gasteiger partial charge on any atom is -0.494 e. The summed E-state index contributed by atoms with van der Waals surface area (Å²) in [6.45, 7) is -0.429. The molecule has 2 aromatic carbocycles. The smallest absolute Gasteiger partial charge is 0.295 e. The topological polar surface area (TPSA) is 149 Å². The Labute approximate surface area is 279 Å². The van der Waals surface area contributed by atoms with Gasteiger partial charge in [-0.1, -0.05) is 30.3 Å². The third kappa shape index (κ3) is 7.08. The monoisotopic (exact) mass is 679 g/mol. The van der Waals surface area contributed by atoms with Crippen LogP contribution in [0.1, 0.15) is 30.1 Å². The van der Waals surface area contributed by atoms with Gasteiger partial charge in [0, 0.05) is 49.8 Å². The Kier molecular flexibility index (Phi) is 9.56. The lowest BCUT2D eigenvalue weighted by Gasteiger charge is -2.46. The Morgan fingerprint density at radius 1 is 1.08 bits per heavy atom. The number of methoxy groups -OCH3 is 1. The van der Waals surface area contributed by atoms with E-state index in [-0.39, 0.29) is 29.8 Å². The lowest BCUT2D eigenvalue weighted by molar-refractivity contribution is -0.223. The van der Waals surface area contributed by atoms with Crippen LogP contribution >= 0.6 is 0 Å². The van der Waals surface area contributed by atoms with Crippen molar-refractivity contribution in [3.8, 4) is 17.4 Å². The lowest BCUT2D eigenvalue weighted by atomic mass is 9.78. The van der Waals surface area contributed by atoms with Gasteiger partial charge in [-0.2, -0.15) is 0 Å². The van der Waals surface area contributed by atoms with Crippen molar-refractivity contribution in [2.24, 2.45) is 5.92 Å². The molecule has 0 spiro atoms. The van der Waals surface area contributed by atoms with E-state index in [1.165, 1.54) is 19.2 Å². The number of anilines is 1. The summed E-state index contributed by atoms with van der Waals surface area (Å²) in [7, 11) is 1.27. The SMILES string of the molecule is COc1cc(Oc2ncn(C[C@@]3(O)CCN(C(=O)[C@@H]4CCN(Cc5ncccn5)C[C@H]4c4ccccc4)CC3(F)F)c(=O)c2N)ccc1F. The normalized spacial score (nSPS) is 22.4. The van der Waals surface area contributed by atoms with Gasteiger partial charge >= 0.3 is 0 Å². The third-order valence-corrected chi connectivity index (χ3v) is 9.21. The zero-order valence-corrected chi connectivity index (χ0v) is 26.7. The predicted molar refractivity (Wildman–Crippen MR) is 172 cm³/mol. The fourth-order valence-electron chi connectivity index (χ4n) is 6.48. The number of amides is 1. The highest BCUT2D eigenvalue weighted by atomic mass is 19.3. The first-order chi connectivity index (χ1) is 23.5. The molecule has 12 nitrogen and oxygen atoms in total. The number of aliphatic hydroxyl groups is 1. The van der Waals surface area contributed by atoms with Crippen LogP contribution in [0, 0.1) is 11.7 Å². The molecule has 4 heterocycles. The number of halogens is 3. The highest BCUT2D eigenvalue weighted by Gasteiger charge is 2.57. The minimum atomic E-state index is -3.78. The maximum atomic E-state index is 15.8. The second-order valence-electron chi connectivity index (χ2n) is 12.4. The van der Waals surface area contributed by atoms with Crippen molar-refractivity contribution in [1.82, 2.24) is 29.3 Å². The van der Waals surface area contributed by atoms with Gasteiger partial charge in [0.1, 0.15) is 23.5 Å². The molecule has 1 amide bonds. The van der Waals surface area contributed by atoms with Crippen LogP contribution in [0.5, 0.6) is 17.4 Å². The van der Waals surface area contributed by atoms with Crippen molar-refractivity contribution in [2.75, 3.05) is 39.0 Å². The van der Waals surface area contributed by atoms with Gasteiger partial charge in [-0.3, -0.25) is 19.1 Å². The number of benzene rings is 2. The van der Waals surface area contributed by atoms with Crippen molar-refractivity contribution < 1.29 is 32.5 Å². The molecule has 6 rings (SSSR count). The molecule has 2 aromatic heterocycles. The fraction of sp³-hybridized carbons (Fsp3) is 0.382. The average molecular weight is 680 g/mol. The van der Waals surface area contributed by atoms with Gasteiger partial charge in [-0.15, -0.1) is 0 Å². The van der Waals surface area contributed by atoms with E-state index in [4.69, 9.17) is 15.2 Å². The molecule has 0 bridgehead atoms. The summed E-state index contributed by atoms with van der Waals surface area (Å²) in [6, 6.07) is 14.8. The van der Waals surface area contributed by atoms with Gasteiger partial charge in [0.05, 0.1) is 26.7 Å². The number of piperidine rings is 2. The number of alkyl halides is 2. The highest BCUT2D eigenvalue weighted by Crippen LogP contribution is 2.41. The molecule has 3 N–H and O–H groups in total. The van der Waals surface area contributed by atoms with Crippen LogP contribution in [-0.2, 0) is 17.9 Å². The summed E-state index contributed by atoms with van der Waals surface area (Å²) in [5.74, 6) is -5.35. The van der Waals surface area contributed by atoms with E-state index in [1.54, 1.807) is 18.5 Å². The highest BCUT2D eigenvalue weighted by molar-refractivity contribution is 5.80. The molecule has 258 valence electrons. The molecule has 4 aromatic rings. The number of hydrogen-bond acceptors (Lipinski definition) is 10. The zero-order chi connectivity index (χ0) is 34.8. The summed E-state index contributed by atoms with van der Waals surface area (Å²) >= 11 is 0. The summed E-state index contributed by atoms with van der Waals surface area (Å²) in [5.41, 5.74) is 2.78. The summed E-state index contributed by atoms with van der Waals surface area (Å²) in [4.78, 5) is 42.9. The van der Waals surface area contributed by atoms with Gasteiger partial charge in [0.2, 0.25) is 11.8 Å². The Hall–Kier alpha value is -5.02. The number of hydrogen-bond donors (Lipinski definition) is 2. The molecule has 0 unspecified atom stereocenters. The molecule has 0 radical (unpaired) electrons. The quantitative estimate of drug-likeness (QED) is 0.270.